The van der Waals surface area contributed by atoms with Crippen molar-refractivity contribution in [1.82, 2.24) is 9.88 Å². The normalized spacial score (nSPS) is 21.8. The highest BCUT2D eigenvalue weighted by Gasteiger charge is 2.26. The summed E-state index contributed by atoms with van der Waals surface area (Å²) in [6.45, 7) is 7.21. The van der Waals surface area contributed by atoms with Gasteiger partial charge in [-0.05, 0) is 32.8 Å². The third-order valence-corrected chi connectivity index (χ3v) is 3.18. The summed E-state index contributed by atoms with van der Waals surface area (Å²) < 4.78 is 13.5. The minimum atomic E-state index is -0.162. The number of hydrogen-bond acceptors (Lipinski definition) is 2. The Morgan fingerprint density at radius 2 is 2.20 bits per heavy atom. The molecular formula is C12H17FN2. The average Bonchev–Trinajstić information content (AvgIpc) is 2.16. The van der Waals surface area contributed by atoms with Gasteiger partial charge < -0.3 is 0 Å². The van der Waals surface area contributed by atoms with E-state index in [-0.39, 0.29) is 5.82 Å². The van der Waals surface area contributed by atoms with Crippen LogP contribution in [0.5, 0.6) is 0 Å². The van der Waals surface area contributed by atoms with Crippen molar-refractivity contribution >= 4 is 0 Å². The second-order valence-corrected chi connectivity index (χ2v) is 4.58. The molecule has 0 fully saturated rings. The Bertz CT molecular complexity index is 363. The van der Waals surface area contributed by atoms with Crippen LogP contribution in [0.4, 0.5) is 4.39 Å². The van der Waals surface area contributed by atoms with Crippen LogP contribution in [-0.2, 0) is 13.0 Å². The standard InChI is InChI=1S/C12H17FN2/c1-8(2)15-7-11-10(4-9(15)3)5-14-6-12(11)13/h5-6,8-9H,4,7H2,1-3H3/t9-/m1/s1. The molecule has 0 saturated carbocycles. The first kappa shape index (κ1) is 10.6. The lowest BCUT2D eigenvalue weighted by atomic mass is 9.95. The van der Waals surface area contributed by atoms with Crippen LogP contribution in [0.3, 0.4) is 0 Å². The smallest absolute Gasteiger partial charge is 0.146 e. The molecule has 2 heterocycles. The molecule has 0 aromatic carbocycles. The minimum Gasteiger partial charge on any atom is -0.294 e. The van der Waals surface area contributed by atoms with E-state index >= 15 is 0 Å². The Kier molecular flexibility index (Phi) is 2.74. The van der Waals surface area contributed by atoms with Crippen molar-refractivity contribution in [2.45, 2.75) is 45.8 Å². The lowest BCUT2D eigenvalue weighted by molar-refractivity contribution is 0.139. The number of halogens is 1. The number of rotatable bonds is 1. The quantitative estimate of drug-likeness (QED) is 0.704. The summed E-state index contributed by atoms with van der Waals surface area (Å²) in [6, 6.07) is 0.932. The van der Waals surface area contributed by atoms with E-state index < -0.39 is 0 Å². The van der Waals surface area contributed by atoms with Crippen molar-refractivity contribution in [2.75, 3.05) is 0 Å². The number of hydrogen-bond donors (Lipinski definition) is 0. The molecule has 0 saturated heterocycles. The summed E-state index contributed by atoms with van der Waals surface area (Å²) in [6.07, 6.45) is 4.01. The molecule has 0 amide bonds. The van der Waals surface area contributed by atoms with Crippen molar-refractivity contribution in [1.29, 1.82) is 0 Å². The topological polar surface area (TPSA) is 16.1 Å². The van der Waals surface area contributed by atoms with Gasteiger partial charge in [-0.3, -0.25) is 9.88 Å². The van der Waals surface area contributed by atoms with E-state index in [1.165, 1.54) is 6.20 Å². The highest BCUT2D eigenvalue weighted by molar-refractivity contribution is 5.28. The van der Waals surface area contributed by atoms with E-state index in [0.717, 1.165) is 17.5 Å². The van der Waals surface area contributed by atoms with Crippen LogP contribution in [0.2, 0.25) is 0 Å². The van der Waals surface area contributed by atoms with Crippen LogP contribution < -0.4 is 0 Å². The molecule has 82 valence electrons. The predicted molar refractivity (Wildman–Crippen MR) is 58.0 cm³/mol. The maximum atomic E-state index is 13.5. The van der Waals surface area contributed by atoms with Gasteiger partial charge >= 0.3 is 0 Å². The van der Waals surface area contributed by atoms with Gasteiger partial charge in [-0.15, -0.1) is 0 Å². The molecule has 1 atom stereocenters. The summed E-state index contributed by atoms with van der Waals surface area (Å²) in [5.74, 6) is -0.162. The molecule has 1 aliphatic heterocycles. The number of fused-ring (bicyclic) bond motifs is 1. The lowest BCUT2D eigenvalue weighted by Gasteiger charge is -2.37. The van der Waals surface area contributed by atoms with E-state index in [1.54, 1.807) is 6.20 Å². The second kappa shape index (κ2) is 3.89. The molecule has 0 N–H and O–H groups in total. The molecule has 2 nitrogen and oxygen atoms in total. The van der Waals surface area contributed by atoms with Gasteiger partial charge in [0.2, 0.25) is 0 Å². The van der Waals surface area contributed by atoms with Gasteiger partial charge in [0.1, 0.15) is 5.82 Å². The van der Waals surface area contributed by atoms with Crippen molar-refractivity contribution in [2.24, 2.45) is 0 Å². The van der Waals surface area contributed by atoms with Gasteiger partial charge in [-0.25, -0.2) is 4.39 Å². The number of pyridine rings is 1. The summed E-state index contributed by atoms with van der Waals surface area (Å²) >= 11 is 0. The van der Waals surface area contributed by atoms with Gasteiger partial charge in [-0.1, -0.05) is 0 Å². The van der Waals surface area contributed by atoms with Gasteiger partial charge in [0.25, 0.3) is 0 Å². The molecule has 0 bridgehead atoms. The first-order valence-electron chi connectivity index (χ1n) is 5.46. The van der Waals surface area contributed by atoms with E-state index in [1.807, 2.05) is 0 Å². The largest absolute Gasteiger partial charge is 0.294 e. The summed E-state index contributed by atoms with van der Waals surface area (Å²) in [4.78, 5) is 6.23. The number of nitrogens with zero attached hydrogens (tertiary/aromatic N) is 2. The van der Waals surface area contributed by atoms with Gasteiger partial charge in [0.05, 0.1) is 6.20 Å². The van der Waals surface area contributed by atoms with E-state index in [4.69, 9.17) is 0 Å². The lowest BCUT2D eigenvalue weighted by Crippen LogP contribution is -2.43. The highest BCUT2D eigenvalue weighted by Crippen LogP contribution is 2.25. The molecule has 2 rings (SSSR count). The van der Waals surface area contributed by atoms with Crippen LogP contribution in [0.25, 0.3) is 0 Å². The Hall–Kier alpha value is -0.960. The SMILES string of the molecule is CC(C)N1Cc2c(F)cncc2C[C@H]1C. The zero-order valence-corrected chi connectivity index (χ0v) is 9.50. The molecule has 3 heteroatoms. The fourth-order valence-corrected chi connectivity index (χ4v) is 2.32. The van der Waals surface area contributed by atoms with Crippen LogP contribution in [-0.4, -0.2) is 22.0 Å². The van der Waals surface area contributed by atoms with Gasteiger partial charge in [0, 0.05) is 30.4 Å². The van der Waals surface area contributed by atoms with Gasteiger partial charge in [0.15, 0.2) is 0 Å². The molecule has 15 heavy (non-hydrogen) atoms. The fourth-order valence-electron chi connectivity index (χ4n) is 2.32. The van der Waals surface area contributed by atoms with Crippen LogP contribution in [0.15, 0.2) is 12.4 Å². The van der Waals surface area contributed by atoms with Crippen LogP contribution in [0.1, 0.15) is 31.9 Å². The minimum absolute atomic E-state index is 0.162. The third kappa shape index (κ3) is 1.88. The average molecular weight is 208 g/mol. The molecule has 0 spiro atoms. The van der Waals surface area contributed by atoms with Crippen LogP contribution >= 0.6 is 0 Å². The Balaban J connectivity index is 2.35. The van der Waals surface area contributed by atoms with Crippen LogP contribution in [0, 0.1) is 5.82 Å². The molecule has 0 aliphatic carbocycles. The summed E-state index contributed by atoms with van der Waals surface area (Å²) in [5, 5.41) is 0. The van der Waals surface area contributed by atoms with Crippen molar-refractivity contribution in [3.05, 3.63) is 29.3 Å². The molecule has 0 unspecified atom stereocenters. The molecule has 1 aromatic heterocycles. The molecule has 1 aliphatic rings. The first-order chi connectivity index (χ1) is 7.09. The summed E-state index contributed by atoms with van der Waals surface area (Å²) in [7, 11) is 0. The Morgan fingerprint density at radius 1 is 1.47 bits per heavy atom. The maximum absolute atomic E-state index is 13.5. The van der Waals surface area contributed by atoms with E-state index in [2.05, 4.69) is 30.7 Å². The van der Waals surface area contributed by atoms with Crippen molar-refractivity contribution in [3.8, 4) is 0 Å². The molecular weight excluding hydrogens is 191 g/mol. The number of aromatic nitrogens is 1. The Labute approximate surface area is 90.1 Å². The zero-order valence-electron chi connectivity index (χ0n) is 9.50. The first-order valence-corrected chi connectivity index (χ1v) is 5.46. The highest BCUT2D eigenvalue weighted by atomic mass is 19.1. The fraction of sp³-hybridized carbons (Fsp3) is 0.583. The predicted octanol–water partition coefficient (Wildman–Crippen LogP) is 2.38. The van der Waals surface area contributed by atoms with Crippen molar-refractivity contribution < 1.29 is 4.39 Å². The summed E-state index contributed by atoms with van der Waals surface area (Å²) in [5.41, 5.74) is 1.90. The monoisotopic (exact) mass is 208 g/mol. The van der Waals surface area contributed by atoms with E-state index in [9.17, 15) is 4.39 Å². The Morgan fingerprint density at radius 3 is 2.87 bits per heavy atom. The zero-order chi connectivity index (χ0) is 11.0. The third-order valence-electron chi connectivity index (χ3n) is 3.18. The second-order valence-electron chi connectivity index (χ2n) is 4.58. The van der Waals surface area contributed by atoms with Gasteiger partial charge in [-0.2, -0.15) is 0 Å². The molecule has 1 aromatic rings. The van der Waals surface area contributed by atoms with Crippen molar-refractivity contribution in [3.63, 3.8) is 0 Å². The maximum Gasteiger partial charge on any atom is 0.146 e. The van der Waals surface area contributed by atoms with E-state index in [0.29, 0.717) is 18.6 Å². The molecule has 0 radical (unpaired) electrons.